The van der Waals surface area contributed by atoms with E-state index in [0.29, 0.717) is 24.9 Å². The van der Waals surface area contributed by atoms with E-state index in [1.165, 1.54) is 18.1 Å². The standard InChI is InChI=1S/C16H21FN2O4/c1-23-10-13-7-11(4-5-14(13)17)8-18-16(22)19-6-2-3-12(9-19)15(20)21/h4-5,7,12H,2-3,6,8-10H2,1H3,(H,18,22)(H,20,21). The lowest BCUT2D eigenvalue weighted by molar-refractivity contribution is -0.143. The van der Waals surface area contributed by atoms with Crippen molar-refractivity contribution in [3.05, 3.63) is 35.1 Å². The van der Waals surface area contributed by atoms with E-state index in [9.17, 15) is 14.0 Å². The topological polar surface area (TPSA) is 78.9 Å². The second-order valence-electron chi connectivity index (χ2n) is 5.64. The largest absolute Gasteiger partial charge is 0.481 e. The van der Waals surface area contributed by atoms with Crippen LogP contribution in [0.4, 0.5) is 9.18 Å². The number of ether oxygens (including phenoxy) is 1. The van der Waals surface area contributed by atoms with Gasteiger partial charge in [0.15, 0.2) is 0 Å². The SMILES string of the molecule is COCc1cc(CNC(=O)N2CCCC(C(=O)O)C2)ccc1F. The molecule has 7 heteroatoms. The molecule has 2 N–H and O–H groups in total. The number of hydrogen-bond acceptors (Lipinski definition) is 3. The van der Waals surface area contributed by atoms with Crippen LogP contribution in [0.1, 0.15) is 24.0 Å². The van der Waals surface area contributed by atoms with Gasteiger partial charge in [0.05, 0.1) is 12.5 Å². The van der Waals surface area contributed by atoms with Crippen LogP contribution in [0.25, 0.3) is 0 Å². The number of rotatable bonds is 5. The van der Waals surface area contributed by atoms with Crippen molar-refractivity contribution in [1.29, 1.82) is 0 Å². The third kappa shape index (κ3) is 4.66. The number of carboxylic acid groups (broad SMARTS) is 1. The lowest BCUT2D eigenvalue weighted by Gasteiger charge is -2.30. The molecular weight excluding hydrogens is 303 g/mol. The number of likely N-dealkylation sites (tertiary alicyclic amines) is 1. The van der Waals surface area contributed by atoms with Crippen LogP contribution in [0.5, 0.6) is 0 Å². The number of hydrogen-bond donors (Lipinski definition) is 2. The molecular formula is C16H21FN2O4. The van der Waals surface area contributed by atoms with Gasteiger partial charge in [-0.25, -0.2) is 9.18 Å². The lowest BCUT2D eigenvalue weighted by Crippen LogP contribution is -2.46. The molecule has 0 spiro atoms. The first-order chi connectivity index (χ1) is 11.0. The highest BCUT2D eigenvalue weighted by molar-refractivity contribution is 5.76. The maximum atomic E-state index is 13.5. The molecule has 1 aromatic rings. The number of carboxylic acids is 1. The molecule has 1 aromatic carbocycles. The van der Waals surface area contributed by atoms with Crippen LogP contribution in [0.15, 0.2) is 18.2 Å². The molecule has 0 radical (unpaired) electrons. The zero-order chi connectivity index (χ0) is 16.8. The molecule has 1 saturated heterocycles. The molecule has 1 aliphatic rings. The molecule has 0 saturated carbocycles. The van der Waals surface area contributed by atoms with Gasteiger partial charge in [0, 0.05) is 32.3 Å². The quantitative estimate of drug-likeness (QED) is 0.868. The minimum absolute atomic E-state index is 0.167. The van der Waals surface area contributed by atoms with Crippen molar-refractivity contribution in [2.45, 2.75) is 26.0 Å². The van der Waals surface area contributed by atoms with Gasteiger partial charge in [-0.15, -0.1) is 0 Å². The Kier molecular flexibility index (Phi) is 5.92. The Morgan fingerprint density at radius 1 is 1.48 bits per heavy atom. The lowest BCUT2D eigenvalue weighted by atomic mass is 9.99. The summed E-state index contributed by atoms with van der Waals surface area (Å²) in [4.78, 5) is 24.7. The van der Waals surface area contributed by atoms with E-state index in [4.69, 9.17) is 9.84 Å². The minimum atomic E-state index is -0.870. The van der Waals surface area contributed by atoms with Crippen molar-refractivity contribution in [2.75, 3.05) is 20.2 Å². The van der Waals surface area contributed by atoms with Gasteiger partial charge in [-0.3, -0.25) is 4.79 Å². The summed E-state index contributed by atoms with van der Waals surface area (Å²) in [5.74, 6) is -1.72. The predicted octanol–water partition coefficient (Wildman–Crippen LogP) is 1.98. The summed E-state index contributed by atoms with van der Waals surface area (Å²) in [6.45, 7) is 1.19. The third-order valence-corrected chi connectivity index (χ3v) is 3.91. The molecule has 6 nitrogen and oxygen atoms in total. The van der Waals surface area contributed by atoms with Gasteiger partial charge in [0.25, 0.3) is 0 Å². The zero-order valence-electron chi connectivity index (χ0n) is 13.0. The highest BCUT2D eigenvalue weighted by atomic mass is 19.1. The molecule has 0 aliphatic carbocycles. The van der Waals surface area contributed by atoms with Crippen LogP contribution >= 0.6 is 0 Å². The first kappa shape index (κ1) is 17.2. The first-order valence-electron chi connectivity index (χ1n) is 7.53. The van der Waals surface area contributed by atoms with Gasteiger partial charge < -0.3 is 20.1 Å². The summed E-state index contributed by atoms with van der Waals surface area (Å²) >= 11 is 0. The fourth-order valence-corrected chi connectivity index (χ4v) is 2.66. The number of methoxy groups -OCH3 is 1. The smallest absolute Gasteiger partial charge is 0.317 e. The van der Waals surface area contributed by atoms with Gasteiger partial charge in [-0.05, 0) is 30.5 Å². The first-order valence-corrected chi connectivity index (χ1v) is 7.53. The number of amides is 2. The predicted molar refractivity (Wildman–Crippen MR) is 81.3 cm³/mol. The van der Waals surface area contributed by atoms with Gasteiger partial charge >= 0.3 is 12.0 Å². The Bertz CT molecular complexity index is 579. The minimum Gasteiger partial charge on any atom is -0.481 e. The van der Waals surface area contributed by atoms with Gasteiger partial charge in [0.2, 0.25) is 0 Å². The van der Waals surface area contributed by atoms with E-state index in [0.717, 1.165) is 5.56 Å². The van der Waals surface area contributed by atoms with Crippen molar-refractivity contribution in [3.8, 4) is 0 Å². The molecule has 23 heavy (non-hydrogen) atoms. The molecule has 1 unspecified atom stereocenters. The molecule has 1 aliphatic heterocycles. The summed E-state index contributed by atoms with van der Waals surface area (Å²) < 4.78 is 18.5. The number of benzene rings is 1. The van der Waals surface area contributed by atoms with Crippen molar-refractivity contribution < 1.29 is 23.8 Å². The van der Waals surface area contributed by atoms with E-state index >= 15 is 0 Å². The Morgan fingerprint density at radius 2 is 2.26 bits per heavy atom. The van der Waals surface area contributed by atoms with E-state index < -0.39 is 11.9 Å². The number of carbonyl (C=O) groups excluding carboxylic acids is 1. The fraction of sp³-hybridized carbons (Fsp3) is 0.500. The summed E-state index contributed by atoms with van der Waals surface area (Å²) in [6.07, 6.45) is 1.27. The number of carbonyl (C=O) groups is 2. The summed E-state index contributed by atoms with van der Waals surface area (Å²) in [6, 6.07) is 4.30. The normalized spacial score (nSPS) is 17.8. The highest BCUT2D eigenvalue weighted by Gasteiger charge is 2.27. The summed E-state index contributed by atoms with van der Waals surface area (Å²) in [5.41, 5.74) is 1.20. The second kappa shape index (κ2) is 7.92. The van der Waals surface area contributed by atoms with Gasteiger partial charge in [-0.1, -0.05) is 6.07 Å². The van der Waals surface area contributed by atoms with E-state index in [-0.39, 0.29) is 31.5 Å². The van der Waals surface area contributed by atoms with Crippen LogP contribution in [0.2, 0.25) is 0 Å². The molecule has 0 aromatic heterocycles. The molecule has 0 bridgehead atoms. The molecule has 1 fully saturated rings. The summed E-state index contributed by atoms with van der Waals surface area (Å²) in [5, 5.41) is 11.8. The van der Waals surface area contributed by atoms with Crippen LogP contribution in [0.3, 0.4) is 0 Å². The number of nitrogens with zero attached hydrogens (tertiary/aromatic N) is 1. The molecule has 1 heterocycles. The summed E-state index contributed by atoms with van der Waals surface area (Å²) in [7, 11) is 1.49. The van der Waals surface area contributed by atoms with Gasteiger partial charge in [-0.2, -0.15) is 0 Å². The van der Waals surface area contributed by atoms with Crippen molar-refractivity contribution in [3.63, 3.8) is 0 Å². The maximum absolute atomic E-state index is 13.5. The Labute approximate surface area is 134 Å². The van der Waals surface area contributed by atoms with E-state index in [2.05, 4.69) is 5.32 Å². The number of aliphatic carboxylic acids is 1. The Balaban J connectivity index is 1.91. The molecule has 1 atom stereocenters. The maximum Gasteiger partial charge on any atom is 0.317 e. The van der Waals surface area contributed by atoms with Crippen LogP contribution in [-0.2, 0) is 22.7 Å². The highest BCUT2D eigenvalue weighted by Crippen LogP contribution is 2.17. The number of piperidine rings is 1. The van der Waals surface area contributed by atoms with Crippen molar-refractivity contribution in [2.24, 2.45) is 5.92 Å². The van der Waals surface area contributed by atoms with Crippen LogP contribution in [0, 0.1) is 11.7 Å². The van der Waals surface area contributed by atoms with Crippen LogP contribution in [-0.4, -0.2) is 42.2 Å². The van der Waals surface area contributed by atoms with Crippen molar-refractivity contribution in [1.82, 2.24) is 10.2 Å². The van der Waals surface area contributed by atoms with E-state index in [1.54, 1.807) is 12.1 Å². The number of halogens is 1. The van der Waals surface area contributed by atoms with Gasteiger partial charge in [0.1, 0.15) is 5.82 Å². The Hall–Kier alpha value is -2.15. The molecule has 126 valence electrons. The number of nitrogens with one attached hydrogen (secondary N) is 1. The second-order valence-corrected chi connectivity index (χ2v) is 5.64. The average molecular weight is 324 g/mol. The molecule has 2 rings (SSSR count). The zero-order valence-corrected chi connectivity index (χ0v) is 13.0. The van der Waals surface area contributed by atoms with E-state index in [1.807, 2.05) is 0 Å². The number of urea groups is 1. The monoisotopic (exact) mass is 324 g/mol. The van der Waals surface area contributed by atoms with Crippen molar-refractivity contribution >= 4 is 12.0 Å². The fourth-order valence-electron chi connectivity index (χ4n) is 2.66. The average Bonchev–Trinajstić information content (AvgIpc) is 2.55. The molecule has 2 amide bonds. The van der Waals surface area contributed by atoms with Crippen LogP contribution < -0.4 is 5.32 Å². The Morgan fingerprint density at radius 3 is 2.96 bits per heavy atom. The third-order valence-electron chi connectivity index (χ3n) is 3.91.